The number of nitrogens with one attached hydrogen (secondary N) is 2. The van der Waals surface area contributed by atoms with Crippen LogP contribution in [-0.4, -0.2) is 194 Å². The number of carbonyl (C=O) groups excluding carboxylic acids is 2. The number of aliphatic hydroxyl groups excluding tert-OH is 10. The van der Waals surface area contributed by atoms with E-state index in [0.29, 0.717) is 0 Å². The Hall–Kier alpha value is -1.96. The molecule has 0 radical (unpaired) electrons. The molecule has 0 saturated carbocycles. The van der Waals surface area contributed by atoms with Gasteiger partial charge in [-0.05, 0) is 12.8 Å². The van der Waals surface area contributed by atoms with Crippen molar-refractivity contribution in [2.45, 2.75) is 202 Å². The summed E-state index contributed by atoms with van der Waals surface area (Å²) >= 11 is 0. The molecule has 3 heterocycles. The van der Waals surface area contributed by atoms with Crippen molar-refractivity contribution < 1.29 is 89.1 Å². The topological polar surface area (TPSA) is 316 Å². The third kappa shape index (κ3) is 15.7. The van der Waals surface area contributed by atoms with E-state index in [1.165, 1.54) is 58.3 Å². The van der Waals surface area contributed by atoms with Crippen LogP contribution in [-0.2, 0) is 38.0 Å². The molecule has 350 valence electrons. The van der Waals surface area contributed by atoms with Gasteiger partial charge >= 0.3 is 0 Å². The fourth-order valence-corrected chi connectivity index (χ4v) is 7.56. The quantitative estimate of drug-likeness (QED) is 0.0322. The zero-order chi connectivity index (χ0) is 44.4. The zero-order valence-electron chi connectivity index (χ0n) is 35.0. The third-order valence-electron chi connectivity index (χ3n) is 11.0. The molecule has 12 N–H and O–H groups in total. The van der Waals surface area contributed by atoms with E-state index in [9.17, 15) is 60.7 Å². The molecule has 0 bridgehead atoms. The number of hydrogen-bond donors (Lipinski definition) is 12. The molecule has 0 aliphatic carbocycles. The third-order valence-corrected chi connectivity index (χ3v) is 11.0. The monoisotopic (exact) mass is 868 g/mol. The molecule has 0 spiro atoms. The van der Waals surface area contributed by atoms with E-state index >= 15 is 0 Å². The fraction of sp³-hybridized carbons (Fsp3) is 0.900. The number of unbranched alkanes of at least 4 members (excludes halogenated alkanes) is 11. The number of amides is 2. The molecular formula is C40H72N2O18. The first-order chi connectivity index (χ1) is 28.7. The highest BCUT2D eigenvalue weighted by Crippen LogP contribution is 2.33. The highest BCUT2D eigenvalue weighted by molar-refractivity contribution is 5.73. The zero-order valence-corrected chi connectivity index (χ0v) is 35.0. The number of allylic oxidation sites excluding steroid dienone is 1. The van der Waals surface area contributed by atoms with Crippen LogP contribution in [0.4, 0.5) is 0 Å². The second-order valence-corrected chi connectivity index (χ2v) is 15.9. The molecule has 17 atom stereocenters. The van der Waals surface area contributed by atoms with Crippen LogP contribution in [0.3, 0.4) is 0 Å². The van der Waals surface area contributed by atoms with Crippen molar-refractivity contribution >= 4 is 11.8 Å². The number of aliphatic hydroxyl groups is 10. The Morgan fingerprint density at radius 2 is 1.15 bits per heavy atom. The average molecular weight is 869 g/mol. The van der Waals surface area contributed by atoms with Gasteiger partial charge in [-0.3, -0.25) is 9.59 Å². The normalized spacial score (nSPS) is 35.9. The van der Waals surface area contributed by atoms with E-state index in [1.807, 2.05) is 6.08 Å². The van der Waals surface area contributed by atoms with Gasteiger partial charge in [0.25, 0.3) is 0 Å². The first-order valence-electron chi connectivity index (χ1n) is 21.4. The molecule has 2 amide bonds. The summed E-state index contributed by atoms with van der Waals surface area (Å²) in [5.41, 5.74) is 0. The van der Waals surface area contributed by atoms with Crippen molar-refractivity contribution in [3.8, 4) is 0 Å². The predicted molar refractivity (Wildman–Crippen MR) is 210 cm³/mol. The second kappa shape index (κ2) is 27.3. The van der Waals surface area contributed by atoms with Crippen molar-refractivity contribution in [1.82, 2.24) is 10.6 Å². The van der Waals surface area contributed by atoms with Crippen molar-refractivity contribution in [2.24, 2.45) is 0 Å². The molecule has 0 unspecified atom stereocenters. The van der Waals surface area contributed by atoms with Crippen LogP contribution in [0, 0.1) is 0 Å². The highest BCUT2D eigenvalue weighted by Gasteiger charge is 2.54. The van der Waals surface area contributed by atoms with Gasteiger partial charge in [0.2, 0.25) is 11.8 Å². The maximum Gasteiger partial charge on any atom is 0.217 e. The van der Waals surface area contributed by atoms with Gasteiger partial charge in [-0.25, -0.2) is 0 Å². The molecule has 0 aromatic rings. The molecule has 60 heavy (non-hydrogen) atoms. The number of carbonyl (C=O) groups is 2. The van der Waals surface area contributed by atoms with Crippen LogP contribution in [0.15, 0.2) is 12.2 Å². The van der Waals surface area contributed by atoms with Crippen LogP contribution >= 0.6 is 0 Å². The Morgan fingerprint density at radius 3 is 1.72 bits per heavy atom. The molecule has 3 aliphatic rings. The minimum Gasteiger partial charge on any atom is -0.394 e. The lowest BCUT2D eigenvalue weighted by atomic mass is 9.95. The van der Waals surface area contributed by atoms with E-state index in [0.717, 1.165) is 32.6 Å². The Bertz CT molecular complexity index is 1250. The summed E-state index contributed by atoms with van der Waals surface area (Å²) < 4.78 is 34.2. The summed E-state index contributed by atoms with van der Waals surface area (Å²) in [5, 5.41) is 111. The van der Waals surface area contributed by atoms with Crippen LogP contribution in [0.25, 0.3) is 0 Å². The number of hydrogen-bond acceptors (Lipinski definition) is 18. The van der Waals surface area contributed by atoms with Crippen LogP contribution in [0.5, 0.6) is 0 Å². The molecule has 3 saturated heterocycles. The molecule has 0 aromatic carbocycles. The van der Waals surface area contributed by atoms with Gasteiger partial charge in [0.15, 0.2) is 18.9 Å². The lowest BCUT2D eigenvalue weighted by molar-refractivity contribution is -0.375. The molecular weight excluding hydrogens is 796 g/mol. The molecule has 3 fully saturated rings. The maximum atomic E-state index is 12.0. The smallest absolute Gasteiger partial charge is 0.217 e. The van der Waals surface area contributed by atoms with Crippen LogP contribution < -0.4 is 10.6 Å². The predicted octanol–water partition coefficient (Wildman–Crippen LogP) is -2.28. The van der Waals surface area contributed by atoms with Crippen molar-refractivity contribution in [3.63, 3.8) is 0 Å². The Labute approximate surface area is 351 Å². The van der Waals surface area contributed by atoms with Crippen molar-refractivity contribution in [2.75, 3.05) is 26.4 Å². The van der Waals surface area contributed by atoms with Gasteiger partial charge in [0, 0.05) is 13.8 Å². The summed E-state index contributed by atoms with van der Waals surface area (Å²) in [6.45, 7) is 1.75. The summed E-state index contributed by atoms with van der Waals surface area (Å²) in [6, 6.07) is -2.44. The molecule has 20 heteroatoms. The average Bonchev–Trinajstić information content (AvgIpc) is 3.21. The second-order valence-electron chi connectivity index (χ2n) is 15.9. The number of ether oxygens (including phenoxy) is 6. The largest absolute Gasteiger partial charge is 0.394 e. The van der Waals surface area contributed by atoms with Gasteiger partial charge in [-0.1, -0.05) is 83.3 Å². The Morgan fingerprint density at radius 1 is 0.617 bits per heavy atom. The SMILES string of the molecule is CCCCCCCCCCCCC/C=C/[C@@H](O)[C@H](CO[C@@H]1O[C@H](CO)[C@@H](O[C@@H]2O[C@H](CO)[C@H](O)[C@H](O[C@@H]3O[C@H](CO)[C@@H](O)[C@H](O)[C@H]3NC(C)=O)[C@H]2O)[C@H](O)[C@H]1O)NC(C)=O. The van der Waals surface area contributed by atoms with Gasteiger partial charge in [-0.15, -0.1) is 0 Å². The van der Waals surface area contributed by atoms with Crippen molar-refractivity contribution in [1.29, 1.82) is 0 Å². The standard InChI is InChI=1S/C40H72N2O18/c1-4-5-6-7-8-9-10-11-12-13-14-15-16-17-25(48)24(41-22(2)46)21-55-39-34(53)33(52)36(28(20-45)58-39)59-40-35(54)37(31(50)27(19-44)57-40)60-38-29(42-23(3)47)32(51)30(49)26(18-43)56-38/h16-17,24-40,43-45,48-54H,4-15,18-21H2,1-3H3,(H,41,46)(H,42,47)/b17-16+/t24-,25+,26+,27+,28+,29+,30+,31-,32+,33+,34+,35+,36+,37-,38-,39+,40-/m0/s1. The molecule has 3 rings (SSSR count). The Kier molecular flexibility index (Phi) is 23.8. The molecule has 20 nitrogen and oxygen atoms in total. The van der Waals surface area contributed by atoms with Gasteiger partial charge in [0.05, 0.1) is 38.6 Å². The number of rotatable bonds is 26. The lowest BCUT2D eigenvalue weighted by Gasteiger charge is -2.48. The van der Waals surface area contributed by atoms with E-state index in [4.69, 9.17) is 28.4 Å². The molecule has 0 aromatic heterocycles. The minimum atomic E-state index is -1.97. The van der Waals surface area contributed by atoms with Gasteiger partial charge in [-0.2, -0.15) is 0 Å². The Balaban J connectivity index is 1.59. The van der Waals surface area contributed by atoms with Crippen LogP contribution in [0.1, 0.15) is 97.8 Å². The van der Waals surface area contributed by atoms with Crippen molar-refractivity contribution in [3.05, 3.63) is 12.2 Å². The molecule has 3 aliphatic heterocycles. The van der Waals surface area contributed by atoms with Gasteiger partial charge < -0.3 is 90.1 Å². The first kappa shape index (κ1) is 52.4. The summed E-state index contributed by atoms with van der Waals surface area (Å²) in [4.78, 5) is 23.9. The van der Waals surface area contributed by atoms with Gasteiger partial charge in [0.1, 0.15) is 73.2 Å². The van der Waals surface area contributed by atoms with Crippen LogP contribution in [0.2, 0.25) is 0 Å². The summed E-state index contributed by atoms with van der Waals surface area (Å²) in [7, 11) is 0. The minimum absolute atomic E-state index is 0.382. The first-order valence-corrected chi connectivity index (χ1v) is 21.4. The van der Waals surface area contributed by atoms with E-state index in [1.54, 1.807) is 6.08 Å². The summed E-state index contributed by atoms with van der Waals surface area (Å²) in [6.07, 6.45) is -7.53. The van der Waals surface area contributed by atoms with E-state index < -0.39 is 136 Å². The highest BCUT2D eigenvalue weighted by atomic mass is 16.8. The lowest BCUT2D eigenvalue weighted by Crippen LogP contribution is -2.68. The van der Waals surface area contributed by atoms with E-state index in [2.05, 4.69) is 17.6 Å². The van der Waals surface area contributed by atoms with E-state index in [-0.39, 0.29) is 6.61 Å². The summed E-state index contributed by atoms with van der Waals surface area (Å²) in [5.74, 6) is -1.13. The fourth-order valence-electron chi connectivity index (χ4n) is 7.56. The maximum absolute atomic E-state index is 12.0.